The summed E-state index contributed by atoms with van der Waals surface area (Å²) >= 11 is 5.72. The van der Waals surface area contributed by atoms with E-state index < -0.39 is 6.10 Å². The standard InChI is InChI=1S/C16H13ClO2/c17-16-9-8-15(19-16)14(18)10-12-6-3-5-11-4-1-2-7-13(11)12/h1-9,14,18H,10H2. The number of rotatable bonds is 3. The number of benzene rings is 2. The molecule has 19 heavy (non-hydrogen) atoms. The van der Waals surface area contributed by atoms with Crippen LogP contribution in [0, 0.1) is 0 Å². The summed E-state index contributed by atoms with van der Waals surface area (Å²) in [7, 11) is 0. The highest BCUT2D eigenvalue weighted by Crippen LogP contribution is 2.26. The highest BCUT2D eigenvalue weighted by molar-refractivity contribution is 6.28. The first-order chi connectivity index (χ1) is 9.24. The van der Waals surface area contributed by atoms with Crippen molar-refractivity contribution >= 4 is 22.4 Å². The average molecular weight is 273 g/mol. The minimum Gasteiger partial charge on any atom is -0.447 e. The molecule has 0 saturated carbocycles. The van der Waals surface area contributed by atoms with Gasteiger partial charge in [0, 0.05) is 6.42 Å². The van der Waals surface area contributed by atoms with Gasteiger partial charge in [-0.25, -0.2) is 0 Å². The second kappa shape index (κ2) is 5.08. The third-order valence-corrected chi connectivity index (χ3v) is 3.42. The van der Waals surface area contributed by atoms with Gasteiger partial charge in [0.25, 0.3) is 0 Å². The summed E-state index contributed by atoms with van der Waals surface area (Å²) in [6.07, 6.45) is -0.177. The Balaban J connectivity index is 1.93. The first kappa shape index (κ1) is 12.3. The minimum absolute atomic E-state index is 0.298. The molecule has 0 amide bonds. The molecule has 0 saturated heterocycles. The van der Waals surface area contributed by atoms with E-state index >= 15 is 0 Å². The van der Waals surface area contributed by atoms with Crippen molar-refractivity contribution in [2.75, 3.05) is 0 Å². The number of halogens is 1. The Labute approximate surface area is 116 Å². The van der Waals surface area contributed by atoms with Crippen LogP contribution in [-0.4, -0.2) is 5.11 Å². The van der Waals surface area contributed by atoms with Crippen molar-refractivity contribution in [2.24, 2.45) is 0 Å². The molecule has 0 spiro atoms. The molecule has 1 aromatic heterocycles. The van der Waals surface area contributed by atoms with E-state index in [1.165, 1.54) is 5.39 Å². The van der Waals surface area contributed by atoms with Crippen molar-refractivity contribution < 1.29 is 9.52 Å². The van der Waals surface area contributed by atoms with Crippen LogP contribution in [-0.2, 0) is 6.42 Å². The average Bonchev–Trinajstić information content (AvgIpc) is 2.86. The molecule has 3 heteroatoms. The molecule has 0 fully saturated rings. The van der Waals surface area contributed by atoms with Crippen LogP contribution in [0.1, 0.15) is 17.4 Å². The van der Waals surface area contributed by atoms with Gasteiger partial charge in [-0.3, -0.25) is 0 Å². The fourth-order valence-corrected chi connectivity index (χ4v) is 2.44. The lowest BCUT2D eigenvalue weighted by atomic mass is 9.99. The van der Waals surface area contributed by atoms with E-state index in [0.717, 1.165) is 10.9 Å². The number of furan rings is 1. The maximum atomic E-state index is 10.2. The van der Waals surface area contributed by atoms with E-state index in [1.807, 2.05) is 24.3 Å². The fourth-order valence-electron chi connectivity index (χ4n) is 2.29. The van der Waals surface area contributed by atoms with Gasteiger partial charge in [0.05, 0.1) is 0 Å². The third-order valence-electron chi connectivity index (χ3n) is 3.22. The zero-order chi connectivity index (χ0) is 13.2. The number of aliphatic hydroxyl groups is 1. The van der Waals surface area contributed by atoms with E-state index in [0.29, 0.717) is 17.4 Å². The molecule has 3 rings (SSSR count). The van der Waals surface area contributed by atoms with Crippen LogP contribution in [0.2, 0.25) is 5.22 Å². The maximum Gasteiger partial charge on any atom is 0.193 e. The Bertz CT molecular complexity index is 697. The molecule has 1 atom stereocenters. The zero-order valence-electron chi connectivity index (χ0n) is 10.2. The summed E-state index contributed by atoms with van der Waals surface area (Å²) in [6.45, 7) is 0. The van der Waals surface area contributed by atoms with Gasteiger partial charge in [-0.05, 0) is 40.1 Å². The first-order valence-corrected chi connectivity index (χ1v) is 6.52. The van der Waals surface area contributed by atoms with Crippen LogP contribution in [0.3, 0.4) is 0 Å². The van der Waals surface area contributed by atoms with E-state index in [1.54, 1.807) is 12.1 Å². The van der Waals surface area contributed by atoms with Gasteiger partial charge in [-0.15, -0.1) is 0 Å². The second-order valence-electron chi connectivity index (χ2n) is 4.50. The predicted octanol–water partition coefficient (Wildman–Crippen LogP) is 4.36. The van der Waals surface area contributed by atoms with E-state index in [-0.39, 0.29) is 0 Å². The van der Waals surface area contributed by atoms with Crippen molar-refractivity contribution in [3.8, 4) is 0 Å². The van der Waals surface area contributed by atoms with Crippen molar-refractivity contribution in [1.82, 2.24) is 0 Å². The summed E-state index contributed by atoms with van der Waals surface area (Å²) in [6, 6.07) is 17.6. The molecule has 0 aliphatic heterocycles. The lowest BCUT2D eigenvalue weighted by molar-refractivity contribution is 0.150. The Morgan fingerprint density at radius 3 is 2.58 bits per heavy atom. The lowest BCUT2D eigenvalue weighted by Crippen LogP contribution is -2.00. The molecule has 2 aromatic carbocycles. The highest BCUT2D eigenvalue weighted by Gasteiger charge is 2.14. The van der Waals surface area contributed by atoms with Crippen LogP contribution in [0.25, 0.3) is 10.8 Å². The number of aliphatic hydroxyl groups excluding tert-OH is 1. The predicted molar refractivity (Wildman–Crippen MR) is 76.3 cm³/mol. The molecule has 1 N–H and O–H groups in total. The van der Waals surface area contributed by atoms with Gasteiger partial charge >= 0.3 is 0 Å². The minimum atomic E-state index is -0.682. The largest absolute Gasteiger partial charge is 0.447 e. The van der Waals surface area contributed by atoms with Crippen LogP contribution < -0.4 is 0 Å². The Morgan fingerprint density at radius 1 is 1.00 bits per heavy atom. The summed E-state index contributed by atoms with van der Waals surface area (Å²) in [5.74, 6) is 0.498. The normalized spacial score (nSPS) is 12.7. The zero-order valence-corrected chi connectivity index (χ0v) is 11.0. The third kappa shape index (κ3) is 2.50. The van der Waals surface area contributed by atoms with Crippen molar-refractivity contribution in [3.63, 3.8) is 0 Å². The van der Waals surface area contributed by atoms with Gasteiger partial charge in [0.15, 0.2) is 5.22 Å². The Morgan fingerprint density at radius 2 is 1.79 bits per heavy atom. The van der Waals surface area contributed by atoms with Gasteiger partial charge in [-0.2, -0.15) is 0 Å². The molecule has 1 unspecified atom stereocenters. The molecule has 0 aliphatic rings. The molecule has 0 bridgehead atoms. The number of hydrogen-bond acceptors (Lipinski definition) is 2. The molecule has 0 radical (unpaired) electrons. The van der Waals surface area contributed by atoms with Crippen LogP contribution in [0.4, 0.5) is 0 Å². The van der Waals surface area contributed by atoms with Gasteiger partial charge in [0.1, 0.15) is 11.9 Å². The summed E-state index contributed by atoms with van der Waals surface area (Å²) in [4.78, 5) is 0. The highest BCUT2D eigenvalue weighted by atomic mass is 35.5. The smallest absolute Gasteiger partial charge is 0.193 e. The maximum absolute atomic E-state index is 10.2. The molecule has 2 nitrogen and oxygen atoms in total. The molecular formula is C16H13ClO2. The lowest BCUT2D eigenvalue weighted by Gasteiger charge is -2.10. The van der Waals surface area contributed by atoms with Gasteiger partial charge in [-0.1, -0.05) is 42.5 Å². The van der Waals surface area contributed by atoms with Crippen LogP contribution >= 0.6 is 11.6 Å². The topological polar surface area (TPSA) is 33.4 Å². The van der Waals surface area contributed by atoms with Gasteiger partial charge < -0.3 is 9.52 Å². The van der Waals surface area contributed by atoms with E-state index in [9.17, 15) is 5.11 Å². The number of hydrogen-bond donors (Lipinski definition) is 1. The van der Waals surface area contributed by atoms with Gasteiger partial charge in [0.2, 0.25) is 0 Å². The monoisotopic (exact) mass is 272 g/mol. The van der Waals surface area contributed by atoms with E-state index in [2.05, 4.69) is 18.2 Å². The molecule has 3 aromatic rings. The SMILES string of the molecule is OC(Cc1cccc2ccccc12)c1ccc(Cl)o1. The van der Waals surface area contributed by atoms with Crippen LogP contribution in [0.15, 0.2) is 59.0 Å². The van der Waals surface area contributed by atoms with Crippen LogP contribution in [0.5, 0.6) is 0 Å². The Kier molecular flexibility index (Phi) is 3.28. The van der Waals surface area contributed by atoms with E-state index in [4.69, 9.17) is 16.0 Å². The fraction of sp³-hybridized carbons (Fsp3) is 0.125. The second-order valence-corrected chi connectivity index (χ2v) is 4.87. The molecular weight excluding hydrogens is 260 g/mol. The summed E-state index contributed by atoms with van der Waals surface area (Å²) in [5.41, 5.74) is 1.10. The summed E-state index contributed by atoms with van der Waals surface area (Å²) in [5, 5.41) is 12.8. The van der Waals surface area contributed by atoms with Crippen molar-refractivity contribution in [1.29, 1.82) is 0 Å². The Hall–Kier alpha value is -1.77. The van der Waals surface area contributed by atoms with Crippen molar-refractivity contribution in [2.45, 2.75) is 12.5 Å². The number of fused-ring (bicyclic) bond motifs is 1. The quantitative estimate of drug-likeness (QED) is 0.768. The first-order valence-electron chi connectivity index (χ1n) is 6.14. The van der Waals surface area contributed by atoms with Crippen molar-refractivity contribution in [3.05, 3.63) is 71.1 Å². The molecule has 1 heterocycles. The summed E-state index contributed by atoms with van der Waals surface area (Å²) < 4.78 is 5.24. The molecule has 0 aliphatic carbocycles. The molecule has 96 valence electrons.